The van der Waals surface area contributed by atoms with Crippen LogP contribution in [0.5, 0.6) is 0 Å². The highest BCUT2D eigenvalue weighted by Gasteiger charge is 2.11. The second-order valence-electron chi connectivity index (χ2n) is 4.43. The quantitative estimate of drug-likeness (QED) is 0.917. The van der Waals surface area contributed by atoms with Gasteiger partial charge in [-0.2, -0.15) is 5.10 Å². The van der Waals surface area contributed by atoms with E-state index in [0.717, 1.165) is 5.82 Å². The Bertz CT molecular complexity index is 632. The number of nitrogens with one attached hydrogen (secondary N) is 1. The van der Waals surface area contributed by atoms with Gasteiger partial charge in [-0.3, -0.25) is 4.79 Å². The predicted molar refractivity (Wildman–Crippen MR) is 74.9 cm³/mol. The van der Waals surface area contributed by atoms with E-state index in [9.17, 15) is 4.79 Å². The van der Waals surface area contributed by atoms with Crippen LogP contribution in [0.25, 0.3) is 0 Å². The van der Waals surface area contributed by atoms with Gasteiger partial charge in [-0.1, -0.05) is 0 Å². The number of anilines is 1. The maximum atomic E-state index is 12.0. The van der Waals surface area contributed by atoms with Crippen LogP contribution >= 0.6 is 15.9 Å². The predicted octanol–water partition coefficient (Wildman–Crippen LogP) is 1.33. The zero-order chi connectivity index (χ0) is 14.0. The molecule has 2 heterocycles. The van der Waals surface area contributed by atoms with Gasteiger partial charge in [-0.05, 0) is 29.8 Å². The maximum absolute atomic E-state index is 12.0. The van der Waals surface area contributed by atoms with E-state index in [1.807, 2.05) is 25.5 Å². The second kappa shape index (κ2) is 5.52. The van der Waals surface area contributed by atoms with Gasteiger partial charge in [0.25, 0.3) is 5.56 Å². The first-order chi connectivity index (χ1) is 9.00. The van der Waals surface area contributed by atoms with Gasteiger partial charge in [-0.15, -0.1) is 10.2 Å². The van der Waals surface area contributed by atoms with Crippen molar-refractivity contribution in [2.75, 3.05) is 5.32 Å². The molecule has 7 nitrogen and oxygen atoms in total. The Morgan fingerprint density at radius 2 is 2.21 bits per heavy atom. The van der Waals surface area contributed by atoms with Gasteiger partial charge >= 0.3 is 0 Å². The molecule has 0 aromatic carbocycles. The van der Waals surface area contributed by atoms with Crippen LogP contribution in [0.1, 0.15) is 25.7 Å². The molecule has 0 unspecified atom stereocenters. The van der Waals surface area contributed by atoms with Crippen molar-refractivity contribution in [1.82, 2.24) is 24.5 Å². The molecule has 0 saturated carbocycles. The fourth-order valence-electron chi connectivity index (χ4n) is 1.58. The SMILES string of the molecule is CC(C)n1ncc(NCc2nncn2C)c(Br)c1=O. The van der Waals surface area contributed by atoms with E-state index in [1.54, 1.807) is 12.5 Å². The highest BCUT2D eigenvalue weighted by atomic mass is 79.9. The van der Waals surface area contributed by atoms with Crippen molar-refractivity contribution in [3.63, 3.8) is 0 Å². The Balaban J connectivity index is 2.20. The van der Waals surface area contributed by atoms with Gasteiger partial charge < -0.3 is 9.88 Å². The molecule has 0 radical (unpaired) electrons. The minimum Gasteiger partial charge on any atom is -0.375 e. The molecule has 0 amide bonds. The molecular formula is C11H15BrN6O. The zero-order valence-electron chi connectivity index (χ0n) is 11.0. The summed E-state index contributed by atoms with van der Waals surface area (Å²) in [7, 11) is 1.86. The molecule has 8 heteroatoms. The Morgan fingerprint density at radius 1 is 1.47 bits per heavy atom. The molecule has 2 rings (SSSR count). The Labute approximate surface area is 118 Å². The summed E-state index contributed by atoms with van der Waals surface area (Å²) >= 11 is 3.30. The molecule has 0 bridgehead atoms. The summed E-state index contributed by atoms with van der Waals surface area (Å²) in [5, 5.41) is 15.0. The summed E-state index contributed by atoms with van der Waals surface area (Å²) in [6.07, 6.45) is 3.25. The lowest BCUT2D eigenvalue weighted by atomic mass is 10.4. The highest BCUT2D eigenvalue weighted by Crippen LogP contribution is 2.17. The van der Waals surface area contributed by atoms with Gasteiger partial charge in [0, 0.05) is 7.05 Å². The summed E-state index contributed by atoms with van der Waals surface area (Å²) in [6, 6.07) is 0.0246. The van der Waals surface area contributed by atoms with Crippen LogP contribution in [0.3, 0.4) is 0 Å². The number of aromatic nitrogens is 5. The molecule has 0 saturated heterocycles. The first kappa shape index (κ1) is 13.7. The molecule has 0 atom stereocenters. The average Bonchev–Trinajstić information content (AvgIpc) is 2.76. The van der Waals surface area contributed by atoms with Gasteiger partial charge in [0.05, 0.1) is 24.5 Å². The number of rotatable bonds is 4. The molecular weight excluding hydrogens is 312 g/mol. The van der Waals surface area contributed by atoms with E-state index in [2.05, 4.69) is 36.5 Å². The van der Waals surface area contributed by atoms with Crippen molar-refractivity contribution in [3.8, 4) is 0 Å². The van der Waals surface area contributed by atoms with Gasteiger partial charge in [-0.25, -0.2) is 4.68 Å². The zero-order valence-corrected chi connectivity index (χ0v) is 12.5. The Hall–Kier alpha value is -1.70. The largest absolute Gasteiger partial charge is 0.375 e. The number of nitrogens with zero attached hydrogens (tertiary/aromatic N) is 5. The first-order valence-electron chi connectivity index (χ1n) is 5.84. The van der Waals surface area contributed by atoms with Crippen molar-refractivity contribution in [2.24, 2.45) is 7.05 Å². The van der Waals surface area contributed by atoms with Crippen LogP contribution in [-0.2, 0) is 13.6 Å². The third-order valence-corrected chi connectivity index (χ3v) is 3.44. The minimum atomic E-state index is -0.155. The summed E-state index contributed by atoms with van der Waals surface area (Å²) in [4.78, 5) is 12.0. The highest BCUT2D eigenvalue weighted by molar-refractivity contribution is 9.10. The summed E-state index contributed by atoms with van der Waals surface area (Å²) in [6.45, 7) is 4.29. The average molecular weight is 327 g/mol. The third-order valence-electron chi connectivity index (χ3n) is 2.67. The lowest BCUT2D eigenvalue weighted by molar-refractivity contribution is 0.501. The van der Waals surface area contributed by atoms with E-state index >= 15 is 0 Å². The fraction of sp³-hybridized carbons (Fsp3) is 0.455. The second-order valence-corrected chi connectivity index (χ2v) is 5.22. The third kappa shape index (κ3) is 2.83. The molecule has 2 aromatic heterocycles. The summed E-state index contributed by atoms with van der Waals surface area (Å²) in [5.41, 5.74) is 0.489. The lowest BCUT2D eigenvalue weighted by Crippen LogP contribution is -2.26. The lowest BCUT2D eigenvalue weighted by Gasteiger charge is -2.12. The molecule has 0 aliphatic heterocycles. The van der Waals surface area contributed by atoms with Crippen LogP contribution in [0.15, 0.2) is 21.8 Å². The van der Waals surface area contributed by atoms with Crippen LogP contribution < -0.4 is 10.9 Å². The van der Waals surface area contributed by atoms with E-state index < -0.39 is 0 Å². The van der Waals surface area contributed by atoms with Crippen molar-refractivity contribution in [1.29, 1.82) is 0 Å². The standard InChI is InChI=1S/C11H15BrN6O/c1-7(2)18-11(19)10(12)8(4-15-18)13-5-9-16-14-6-17(9)3/h4,6-7,13H,5H2,1-3H3. The first-order valence-corrected chi connectivity index (χ1v) is 6.64. The molecule has 102 valence electrons. The molecule has 1 N–H and O–H groups in total. The molecule has 0 aliphatic carbocycles. The van der Waals surface area contributed by atoms with Crippen LogP contribution in [-0.4, -0.2) is 24.5 Å². The van der Waals surface area contributed by atoms with Crippen molar-refractivity contribution in [3.05, 3.63) is 33.2 Å². The van der Waals surface area contributed by atoms with Gasteiger partial charge in [0.2, 0.25) is 0 Å². The molecule has 0 spiro atoms. The molecule has 19 heavy (non-hydrogen) atoms. The van der Waals surface area contributed by atoms with E-state index in [0.29, 0.717) is 16.7 Å². The number of halogens is 1. The van der Waals surface area contributed by atoms with Gasteiger partial charge in [0.1, 0.15) is 10.8 Å². The number of hydrogen-bond donors (Lipinski definition) is 1. The smallest absolute Gasteiger partial charge is 0.283 e. The summed E-state index contributed by atoms with van der Waals surface area (Å²) in [5.74, 6) is 0.778. The molecule has 0 aliphatic rings. The fourth-order valence-corrected chi connectivity index (χ4v) is 2.00. The van der Waals surface area contributed by atoms with Crippen LogP contribution in [0, 0.1) is 0 Å². The van der Waals surface area contributed by atoms with Crippen LogP contribution in [0.2, 0.25) is 0 Å². The van der Waals surface area contributed by atoms with E-state index in [1.165, 1.54) is 4.68 Å². The number of aryl methyl sites for hydroxylation is 1. The van der Waals surface area contributed by atoms with Crippen molar-refractivity contribution < 1.29 is 0 Å². The monoisotopic (exact) mass is 326 g/mol. The van der Waals surface area contributed by atoms with Crippen LogP contribution in [0.4, 0.5) is 5.69 Å². The molecule has 2 aromatic rings. The van der Waals surface area contributed by atoms with E-state index in [4.69, 9.17) is 0 Å². The minimum absolute atomic E-state index is 0.0246. The van der Waals surface area contributed by atoms with Gasteiger partial charge in [0.15, 0.2) is 5.82 Å². The molecule has 0 fully saturated rings. The maximum Gasteiger partial charge on any atom is 0.283 e. The van der Waals surface area contributed by atoms with Crippen molar-refractivity contribution in [2.45, 2.75) is 26.4 Å². The summed E-state index contributed by atoms with van der Waals surface area (Å²) < 4.78 is 3.71. The topological polar surface area (TPSA) is 77.6 Å². The number of hydrogen-bond acceptors (Lipinski definition) is 5. The Kier molecular flexibility index (Phi) is 3.98. The Morgan fingerprint density at radius 3 is 2.79 bits per heavy atom. The normalized spacial score (nSPS) is 11.0. The van der Waals surface area contributed by atoms with Crippen molar-refractivity contribution >= 4 is 21.6 Å². The van der Waals surface area contributed by atoms with E-state index in [-0.39, 0.29) is 11.6 Å².